The molecule has 0 bridgehead atoms. The quantitative estimate of drug-likeness (QED) is 0.451. The summed E-state index contributed by atoms with van der Waals surface area (Å²) < 4.78 is 26.5. The number of piperidine rings is 1. The average Bonchev–Trinajstić information content (AvgIpc) is 3.25. The zero-order valence-corrected chi connectivity index (χ0v) is 22.5. The lowest BCUT2D eigenvalue weighted by Crippen LogP contribution is -2.54. The third-order valence-corrected chi connectivity index (χ3v) is 8.38. The fraction of sp³-hybridized carbons (Fsp3) is 0.552. The summed E-state index contributed by atoms with van der Waals surface area (Å²) in [6.07, 6.45) is 5.43. The Balaban J connectivity index is 1.40. The molecule has 0 radical (unpaired) electrons. The summed E-state index contributed by atoms with van der Waals surface area (Å²) in [7, 11) is 1.38. The van der Waals surface area contributed by atoms with Gasteiger partial charge in [-0.25, -0.2) is 18.9 Å². The first-order valence-electron chi connectivity index (χ1n) is 13.7. The fourth-order valence-corrected chi connectivity index (χ4v) is 6.15. The minimum absolute atomic E-state index is 0.116. The number of morpholine rings is 1. The summed E-state index contributed by atoms with van der Waals surface area (Å²) in [4.78, 5) is 22.4. The van der Waals surface area contributed by atoms with Crippen molar-refractivity contribution in [3.63, 3.8) is 0 Å². The Hall–Kier alpha value is -3.04. The van der Waals surface area contributed by atoms with Gasteiger partial charge in [0.15, 0.2) is 11.3 Å². The highest BCUT2D eigenvalue weighted by Gasteiger charge is 2.35. The molecular formula is C29H36FN5O3. The monoisotopic (exact) mass is 521 g/mol. The van der Waals surface area contributed by atoms with Gasteiger partial charge in [0.1, 0.15) is 5.82 Å². The number of ether oxygens (including phenoxy) is 2. The van der Waals surface area contributed by atoms with Gasteiger partial charge in [0.05, 0.1) is 41.8 Å². The number of aromatic nitrogens is 3. The molecule has 0 atom stereocenters. The Morgan fingerprint density at radius 1 is 1.11 bits per heavy atom. The second-order valence-corrected chi connectivity index (χ2v) is 11.4. The molecule has 0 unspecified atom stereocenters. The summed E-state index contributed by atoms with van der Waals surface area (Å²) in [5.41, 5.74) is 3.49. The van der Waals surface area contributed by atoms with Gasteiger partial charge >= 0.3 is 5.97 Å². The number of fused-ring (bicyclic) bond motifs is 1. The number of carbonyl (C=O) groups excluding carboxylic acids is 1. The lowest BCUT2D eigenvalue weighted by Gasteiger charge is -2.45. The maximum atomic E-state index is 13.7. The van der Waals surface area contributed by atoms with Crippen LogP contribution in [0.15, 0.2) is 30.3 Å². The van der Waals surface area contributed by atoms with E-state index in [1.165, 1.54) is 25.7 Å². The normalized spacial score (nSPS) is 21.0. The molecular weight excluding hydrogens is 485 g/mol. The minimum Gasteiger partial charge on any atom is -0.464 e. The fourth-order valence-electron chi connectivity index (χ4n) is 6.15. The van der Waals surface area contributed by atoms with E-state index in [4.69, 9.17) is 19.6 Å². The van der Waals surface area contributed by atoms with Crippen LogP contribution in [0.4, 0.5) is 10.1 Å². The topological polar surface area (TPSA) is 72.7 Å². The highest BCUT2D eigenvalue weighted by molar-refractivity contribution is 5.99. The van der Waals surface area contributed by atoms with Crippen LogP contribution >= 0.6 is 0 Å². The smallest absolute Gasteiger partial charge is 0.356 e. The Kier molecular flexibility index (Phi) is 6.60. The SMILES string of the molecule is COC(=O)c1cc(N2CCC(N3CCOC(C)(C)C3)CC2)c2c(C3CCC3)nn(-c3ccc(F)cc3)c2n1. The van der Waals surface area contributed by atoms with E-state index in [0.717, 1.165) is 80.9 Å². The predicted molar refractivity (Wildman–Crippen MR) is 144 cm³/mol. The van der Waals surface area contributed by atoms with E-state index in [1.807, 2.05) is 6.07 Å². The number of anilines is 1. The van der Waals surface area contributed by atoms with Gasteiger partial charge < -0.3 is 14.4 Å². The van der Waals surface area contributed by atoms with Gasteiger partial charge in [0.25, 0.3) is 0 Å². The van der Waals surface area contributed by atoms with Gasteiger partial charge in [-0.2, -0.15) is 5.10 Å². The van der Waals surface area contributed by atoms with Gasteiger partial charge in [0.2, 0.25) is 0 Å². The lowest BCUT2D eigenvalue weighted by atomic mass is 9.82. The van der Waals surface area contributed by atoms with Crippen LogP contribution in [0.3, 0.4) is 0 Å². The first-order chi connectivity index (χ1) is 18.3. The standard InChI is InChI=1S/C29H36FN5O3/c1-29(2)18-34(15-16-38-29)21-11-13-33(14-12-21)24-17-23(28(36)37-3)31-27-25(24)26(19-5-4-6-19)32-35(27)22-9-7-20(30)8-10-22/h7-10,17,19,21H,4-6,11-16,18H2,1-3H3. The molecule has 6 rings (SSSR count). The van der Waals surface area contributed by atoms with Gasteiger partial charge in [-0.1, -0.05) is 6.42 Å². The van der Waals surface area contributed by atoms with Crippen molar-refractivity contribution in [3.8, 4) is 5.69 Å². The molecule has 8 nitrogen and oxygen atoms in total. The average molecular weight is 522 g/mol. The number of hydrogen-bond donors (Lipinski definition) is 0. The van der Waals surface area contributed by atoms with Crippen molar-refractivity contribution < 1.29 is 18.7 Å². The van der Waals surface area contributed by atoms with Crippen LogP contribution in [-0.2, 0) is 9.47 Å². The number of carbonyl (C=O) groups is 1. The minimum atomic E-state index is -0.476. The summed E-state index contributed by atoms with van der Waals surface area (Å²) in [6.45, 7) is 8.78. The van der Waals surface area contributed by atoms with Gasteiger partial charge in [-0.15, -0.1) is 0 Å². The van der Waals surface area contributed by atoms with Crippen LogP contribution < -0.4 is 4.90 Å². The van der Waals surface area contributed by atoms with Crippen molar-refractivity contribution >= 4 is 22.7 Å². The van der Waals surface area contributed by atoms with Crippen LogP contribution in [0.25, 0.3) is 16.7 Å². The molecule has 3 fully saturated rings. The Bertz CT molecular complexity index is 1330. The van der Waals surface area contributed by atoms with Gasteiger partial charge in [-0.3, -0.25) is 4.90 Å². The van der Waals surface area contributed by atoms with Crippen molar-refractivity contribution in [1.29, 1.82) is 0 Å². The Morgan fingerprint density at radius 2 is 1.84 bits per heavy atom. The highest BCUT2D eigenvalue weighted by Crippen LogP contribution is 2.43. The molecule has 38 heavy (non-hydrogen) atoms. The largest absolute Gasteiger partial charge is 0.464 e. The van der Waals surface area contributed by atoms with E-state index in [0.29, 0.717) is 17.6 Å². The Morgan fingerprint density at radius 3 is 2.47 bits per heavy atom. The molecule has 2 saturated heterocycles. The van der Waals surface area contributed by atoms with Crippen molar-refractivity contribution in [2.24, 2.45) is 0 Å². The van der Waals surface area contributed by atoms with E-state index in [1.54, 1.807) is 16.8 Å². The maximum absolute atomic E-state index is 13.7. The van der Waals surface area contributed by atoms with Gasteiger partial charge in [-0.05, 0) is 69.9 Å². The molecule has 202 valence electrons. The molecule has 1 aliphatic carbocycles. The number of rotatable bonds is 5. The van der Waals surface area contributed by atoms with E-state index in [-0.39, 0.29) is 17.1 Å². The molecule has 2 aliphatic heterocycles. The van der Waals surface area contributed by atoms with E-state index in [9.17, 15) is 9.18 Å². The number of esters is 1. The molecule has 9 heteroatoms. The van der Waals surface area contributed by atoms with Crippen molar-refractivity contribution in [2.45, 2.75) is 63.5 Å². The number of halogens is 1. The predicted octanol–water partition coefficient (Wildman–Crippen LogP) is 4.69. The summed E-state index contributed by atoms with van der Waals surface area (Å²) >= 11 is 0. The van der Waals surface area contributed by atoms with Crippen LogP contribution in [0.5, 0.6) is 0 Å². The van der Waals surface area contributed by atoms with Crippen molar-refractivity contribution in [1.82, 2.24) is 19.7 Å². The summed E-state index contributed by atoms with van der Waals surface area (Å²) in [5, 5.41) is 6.03. The molecule has 1 aromatic carbocycles. The number of benzene rings is 1. The van der Waals surface area contributed by atoms with Crippen molar-refractivity contribution in [2.75, 3.05) is 44.8 Å². The van der Waals surface area contributed by atoms with E-state index in [2.05, 4.69) is 23.6 Å². The number of nitrogens with zero attached hydrogens (tertiary/aromatic N) is 5. The first kappa shape index (κ1) is 25.2. The molecule has 4 heterocycles. The molecule has 0 N–H and O–H groups in total. The second kappa shape index (κ2) is 9.93. The summed E-state index contributed by atoms with van der Waals surface area (Å²) in [6, 6.07) is 8.65. The molecule has 2 aromatic heterocycles. The number of methoxy groups -OCH3 is 1. The highest BCUT2D eigenvalue weighted by atomic mass is 19.1. The molecule has 3 aliphatic rings. The third kappa shape index (κ3) is 4.66. The maximum Gasteiger partial charge on any atom is 0.356 e. The zero-order chi connectivity index (χ0) is 26.4. The zero-order valence-electron chi connectivity index (χ0n) is 22.5. The van der Waals surface area contributed by atoms with E-state index < -0.39 is 5.97 Å². The second-order valence-electron chi connectivity index (χ2n) is 11.4. The third-order valence-electron chi connectivity index (χ3n) is 8.38. The van der Waals surface area contributed by atoms with Crippen LogP contribution in [0, 0.1) is 5.82 Å². The summed E-state index contributed by atoms with van der Waals surface area (Å²) in [5.74, 6) is -0.424. The Labute approximate surface area is 222 Å². The first-order valence-corrected chi connectivity index (χ1v) is 13.7. The van der Waals surface area contributed by atoms with Gasteiger partial charge in [0, 0.05) is 38.1 Å². The van der Waals surface area contributed by atoms with Crippen LogP contribution in [0.1, 0.15) is 68.1 Å². The molecule has 3 aromatic rings. The molecule has 1 saturated carbocycles. The van der Waals surface area contributed by atoms with Crippen LogP contribution in [-0.4, -0.2) is 77.2 Å². The van der Waals surface area contributed by atoms with E-state index >= 15 is 0 Å². The number of hydrogen-bond acceptors (Lipinski definition) is 7. The number of pyridine rings is 1. The molecule has 0 spiro atoms. The van der Waals surface area contributed by atoms with Crippen LogP contribution in [0.2, 0.25) is 0 Å². The lowest BCUT2D eigenvalue weighted by molar-refractivity contribution is -0.0990. The molecule has 0 amide bonds. The van der Waals surface area contributed by atoms with Crippen molar-refractivity contribution in [3.05, 3.63) is 47.5 Å².